The highest BCUT2D eigenvalue weighted by atomic mass is 15.1. The molecule has 0 saturated carbocycles. The van der Waals surface area contributed by atoms with E-state index in [1.54, 1.807) is 0 Å². The van der Waals surface area contributed by atoms with Gasteiger partial charge in [0.2, 0.25) is 0 Å². The van der Waals surface area contributed by atoms with Gasteiger partial charge in [-0.1, -0.05) is 70.9 Å². The molecule has 1 heterocycles. The van der Waals surface area contributed by atoms with E-state index in [0.29, 0.717) is 6.04 Å². The predicted octanol–water partition coefficient (Wildman–Crippen LogP) is 6.13. The molecule has 0 bridgehead atoms. The van der Waals surface area contributed by atoms with Crippen LogP contribution in [0.25, 0.3) is 11.0 Å². The van der Waals surface area contributed by atoms with Crippen molar-refractivity contribution in [2.45, 2.75) is 77.7 Å². The van der Waals surface area contributed by atoms with Gasteiger partial charge in [-0.05, 0) is 25.0 Å². The van der Waals surface area contributed by atoms with Crippen molar-refractivity contribution < 1.29 is 0 Å². The smallest absolute Gasteiger partial charge is 0.0960 e. The number of fused-ring (bicyclic) bond motifs is 1. The highest BCUT2D eigenvalue weighted by molar-refractivity contribution is 5.75. The van der Waals surface area contributed by atoms with Crippen molar-refractivity contribution in [2.75, 3.05) is 0 Å². The Labute approximate surface area is 129 Å². The molecule has 21 heavy (non-hydrogen) atoms. The number of rotatable bonds is 10. The third kappa shape index (κ3) is 4.59. The van der Waals surface area contributed by atoms with Crippen LogP contribution in [0, 0.1) is 0 Å². The zero-order chi connectivity index (χ0) is 14.9. The van der Waals surface area contributed by atoms with Crippen molar-refractivity contribution in [1.82, 2.24) is 9.55 Å². The van der Waals surface area contributed by atoms with Crippen LogP contribution in [0.15, 0.2) is 30.6 Å². The van der Waals surface area contributed by atoms with E-state index in [1.807, 2.05) is 0 Å². The summed E-state index contributed by atoms with van der Waals surface area (Å²) < 4.78 is 2.43. The number of nitrogens with zero attached hydrogens (tertiary/aromatic N) is 2. The summed E-state index contributed by atoms with van der Waals surface area (Å²) in [5.41, 5.74) is 2.43. The van der Waals surface area contributed by atoms with Gasteiger partial charge in [0, 0.05) is 6.04 Å². The molecule has 0 spiro atoms. The van der Waals surface area contributed by atoms with E-state index in [-0.39, 0.29) is 0 Å². The highest BCUT2D eigenvalue weighted by Crippen LogP contribution is 2.26. The second-order valence-corrected chi connectivity index (χ2v) is 6.14. The van der Waals surface area contributed by atoms with Crippen molar-refractivity contribution in [3.63, 3.8) is 0 Å². The molecular weight excluding hydrogens is 256 g/mol. The molecule has 0 fully saturated rings. The molecule has 2 nitrogen and oxygen atoms in total. The van der Waals surface area contributed by atoms with Gasteiger partial charge >= 0.3 is 0 Å². The second kappa shape index (κ2) is 8.86. The minimum absolute atomic E-state index is 0.626. The van der Waals surface area contributed by atoms with Gasteiger partial charge in [-0.25, -0.2) is 4.98 Å². The van der Waals surface area contributed by atoms with Crippen LogP contribution in [0.5, 0.6) is 0 Å². The Kier molecular flexibility index (Phi) is 6.78. The molecular formula is C19H30N2. The van der Waals surface area contributed by atoms with Crippen LogP contribution in [0.2, 0.25) is 0 Å². The van der Waals surface area contributed by atoms with E-state index in [9.17, 15) is 0 Å². The maximum Gasteiger partial charge on any atom is 0.0960 e. The van der Waals surface area contributed by atoms with Crippen molar-refractivity contribution >= 4 is 11.0 Å². The maximum atomic E-state index is 4.58. The molecule has 116 valence electrons. The quantitative estimate of drug-likeness (QED) is 0.480. The summed E-state index contributed by atoms with van der Waals surface area (Å²) in [4.78, 5) is 4.58. The molecule has 0 aliphatic rings. The summed E-state index contributed by atoms with van der Waals surface area (Å²) in [6, 6.07) is 9.15. The number of hydrogen-bond acceptors (Lipinski definition) is 1. The molecule has 2 aromatic rings. The summed E-state index contributed by atoms with van der Waals surface area (Å²) in [5.74, 6) is 0. The first kappa shape index (κ1) is 16.1. The lowest BCUT2D eigenvalue weighted by atomic mass is 10.0. The molecule has 1 aromatic carbocycles. The fourth-order valence-electron chi connectivity index (χ4n) is 3.13. The van der Waals surface area contributed by atoms with Crippen molar-refractivity contribution in [2.24, 2.45) is 0 Å². The molecule has 0 amide bonds. The normalized spacial score (nSPS) is 12.9. The average molecular weight is 286 g/mol. The summed E-state index contributed by atoms with van der Waals surface area (Å²) in [6.07, 6.45) is 14.0. The first-order chi connectivity index (χ1) is 10.4. The maximum absolute atomic E-state index is 4.58. The fraction of sp³-hybridized carbons (Fsp3) is 0.632. The van der Waals surface area contributed by atoms with E-state index in [2.05, 4.69) is 54.0 Å². The Morgan fingerprint density at radius 1 is 0.905 bits per heavy atom. The molecule has 1 atom stereocenters. The molecule has 0 saturated heterocycles. The minimum atomic E-state index is 0.626. The van der Waals surface area contributed by atoms with Gasteiger partial charge in [0.25, 0.3) is 0 Å². The van der Waals surface area contributed by atoms with E-state index in [4.69, 9.17) is 0 Å². The number of para-hydroxylation sites is 2. The summed E-state index contributed by atoms with van der Waals surface area (Å²) in [6.45, 7) is 4.56. The number of aromatic nitrogens is 2. The zero-order valence-electron chi connectivity index (χ0n) is 13.7. The number of benzene rings is 1. The van der Waals surface area contributed by atoms with E-state index in [0.717, 1.165) is 5.52 Å². The first-order valence-electron chi connectivity index (χ1n) is 8.78. The van der Waals surface area contributed by atoms with Crippen LogP contribution in [0.3, 0.4) is 0 Å². The minimum Gasteiger partial charge on any atom is -0.327 e. The second-order valence-electron chi connectivity index (χ2n) is 6.14. The number of unbranched alkanes of at least 4 members (excludes halogenated alkanes) is 5. The van der Waals surface area contributed by atoms with Crippen molar-refractivity contribution in [3.8, 4) is 0 Å². The molecule has 0 N–H and O–H groups in total. The van der Waals surface area contributed by atoms with Gasteiger partial charge in [0.1, 0.15) is 0 Å². The van der Waals surface area contributed by atoms with Crippen LogP contribution in [-0.4, -0.2) is 9.55 Å². The third-order valence-corrected chi connectivity index (χ3v) is 4.41. The van der Waals surface area contributed by atoms with Crippen LogP contribution in [0.1, 0.15) is 77.7 Å². The van der Waals surface area contributed by atoms with Crippen molar-refractivity contribution in [1.29, 1.82) is 0 Å². The zero-order valence-corrected chi connectivity index (χ0v) is 13.7. The fourth-order valence-corrected chi connectivity index (χ4v) is 3.13. The molecule has 2 rings (SSSR count). The van der Waals surface area contributed by atoms with Gasteiger partial charge in [-0.15, -0.1) is 0 Å². The average Bonchev–Trinajstić information content (AvgIpc) is 2.94. The third-order valence-electron chi connectivity index (χ3n) is 4.41. The van der Waals surface area contributed by atoms with E-state index >= 15 is 0 Å². The lowest BCUT2D eigenvalue weighted by Crippen LogP contribution is -2.08. The Hall–Kier alpha value is -1.31. The molecule has 1 unspecified atom stereocenters. The summed E-state index contributed by atoms with van der Waals surface area (Å²) >= 11 is 0. The Morgan fingerprint density at radius 2 is 1.57 bits per heavy atom. The molecule has 1 aromatic heterocycles. The van der Waals surface area contributed by atoms with Crippen LogP contribution >= 0.6 is 0 Å². The lowest BCUT2D eigenvalue weighted by Gasteiger charge is -2.19. The van der Waals surface area contributed by atoms with Gasteiger partial charge in [0.05, 0.1) is 17.4 Å². The standard InChI is InChI=1S/C19H30N2/c1-3-5-7-9-13-17(12-8-6-4-2)21-16-20-18-14-10-11-15-19(18)21/h10-11,14-17H,3-9,12-13H2,1-2H3. The van der Waals surface area contributed by atoms with Crippen LogP contribution in [0.4, 0.5) is 0 Å². The van der Waals surface area contributed by atoms with E-state index < -0.39 is 0 Å². The van der Waals surface area contributed by atoms with Crippen LogP contribution in [-0.2, 0) is 0 Å². The Bertz CT molecular complexity index is 515. The topological polar surface area (TPSA) is 17.8 Å². The summed E-state index contributed by atoms with van der Waals surface area (Å²) in [7, 11) is 0. The van der Waals surface area contributed by atoms with Gasteiger partial charge in [0.15, 0.2) is 0 Å². The highest BCUT2D eigenvalue weighted by Gasteiger charge is 2.13. The van der Waals surface area contributed by atoms with Gasteiger partial charge in [-0.3, -0.25) is 0 Å². The monoisotopic (exact) mass is 286 g/mol. The largest absolute Gasteiger partial charge is 0.327 e. The van der Waals surface area contributed by atoms with E-state index in [1.165, 1.54) is 63.3 Å². The SMILES string of the molecule is CCCCCCC(CCCCC)n1cnc2ccccc21. The number of imidazole rings is 1. The molecule has 0 radical (unpaired) electrons. The lowest BCUT2D eigenvalue weighted by molar-refractivity contribution is 0.406. The molecule has 2 heteroatoms. The van der Waals surface area contributed by atoms with Crippen LogP contribution < -0.4 is 0 Å². The predicted molar refractivity (Wildman–Crippen MR) is 91.7 cm³/mol. The first-order valence-corrected chi connectivity index (χ1v) is 8.78. The Balaban J connectivity index is 2.05. The molecule has 0 aliphatic heterocycles. The van der Waals surface area contributed by atoms with Gasteiger partial charge < -0.3 is 4.57 Å². The Morgan fingerprint density at radius 3 is 2.33 bits per heavy atom. The molecule has 0 aliphatic carbocycles. The number of hydrogen-bond donors (Lipinski definition) is 0. The van der Waals surface area contributed by atoms with Gasteiger partial charge in [-0.2, -0.15) is 0 Å². The summed E-state index contributed by atoms with van der Waals surface area (Å²) in [5, 5.41) is 0. The van der Waals surface area contributed by atoms with Crippen molar-refractivity contribution in [3.05, 3.63) is 30.6 Å².